The Bertz CT molecular complexity index is 722. The van der Waals surface area contributed by atoms with Crippen LogP contribution in [0.25, 0.3) is 11.5 Å². The van der Waals surface area contributed by atoms with E-state index >= 15 is 0 Å². The summed E-state index contributed by atoms with van der Waals surface area (Å²) < 4.78 is 47.7. The zero-order valence-electron chi connectivity index (χ0n) is 12.4. The molecule has 0 spiro atoms. The average molecular weight is 381 g/mol. The van der Waals surface area contributed by atoms with Crippen LogP contribution in [0.3, 0.4) is 0 Å². The second-order valence-electron chi connectivity index (χ2n) is 4.59. The van der Waals surface area contributed by atoms with Gasteiger partial charge in [0.25, 0.3) is 5.22 Å². The van der Waals surface area contributed by atoms with Crippen LogP contribution >= 0.6 is 23.4 Å². The summed E-state index contributed by atoms with van der Waals surface area (Å²) in [5.41, 5.74) is -0.633. The summed E-state index contributed by atoms with van der Waals surface area (Å²) in [5, 5.41) is 7.68. The third-order valence-corrected chi connectivity index (χ3v) is 4.13. The minimum absolute atomic E-state index is 0.0317. The number of ether oxygens (including phenoxy) is 1. The Morgan fingerprint density at radius 2 is 2.12 bits per heavy atom. The maximum Gasteiger partial charge on any atom is 0.416 e. The number of methoxy groups -OCH3 is 1. The van der Waals surface area contributed by atoms with Gasteiger partial charge in [-0.1, -0.05) is 23.4 Å². The van der Waals surface area contributed by atoms with Crippen molar-refractivity contribution in [3.63, 3.8) is 0 Å². The van der Waals surface area contributed by atoms with Crippen LogP contribution in [0.5, 0.6) is 0 Å². The first kappa shape index (κ1) is 18.6. The number of carbonyl (C=O) groups is 1. The van der Waals surface area contributed by atoms with E-state index in [2.05, 4.69) is 14.9 Å². The predicted octanol–water partition coefficient (Wildman–Crippen LogP) is 4.45. The molecule has 10 heteroatoms. The first-order valence-electron chi connectivity index (χ1n) is 6.71. The van der Waals surface area contributed by atoms with Gasteiger partial charge in [0.1, 0.15) is 0 Å². The number of alkyl halides is 3. The molecule has 1 aromatic carbocycles. The molecule has 0 amide bonds. The number of hydrogen-bond acceptors (Lipinski definition) is 6. The van der Waals surface area contributed by atoms with Gasteiger partial charge in [0.05, 0.1) is 23.3 Å². The van der Waals surface area contributed by atoms with E-state index in [0.717, 1.165) is 12.1 Å². The van der Waals surface area contributed by atoms with E-state index in [1.165, 1.54) is 24.9 Å². The van der Waals surface area contributed by atoms with Gasteiger partial charge in [-0.05, 0) is 24.6 Å². The second kappa shape index (κ2) is 7.89. The quantitative estimate of drug-likeness (QED) is 0.419. The summed E-state index contributed by atoms with van der Waals surface area (Å²) >= 11 is 7.10. The van der Waals surface area contributed by atoms with Crippen molar-refractivity contribution >= 4 is 29.3 Å². The zero-order valence-corrected chi connectivity index (χ0v) is 14.0. The lowest BCUT2D eigenvalue weighted by atomic mass is 10.1. The molecule has 24 heavy (non-hydrogen) atoms. The minimum Gasteiger partial charge on any atom is -0.469 e. The van der Waals surface area contributed by atoms with E-state index in [1.54, 1.807) is 0 Å². The second-order valence-corrected chi connectivity index (χ2v) is 6.05. The molecule has 0 aliphatic carbocycles. The van der Waals surface area contributed by atoms with Crippen LogP contribution in [0.4, 0.5) is 13.2 Å². The molecule has 130 valence electrons. The molecule has 2 aromatic rings. The molecule has 0 aliphatic heterocycles. The van der Waals surface area contributed by atoms with Gasteiger partial charge in [-0.25, -0.2) is 0 Å². The molecule has 5 nitrogen and oxygen atoms in total. The molecule has 0 bridgehead atoms. The Morgan fingerprint density at radius 3 is 2.75 bits per heavy atom. The van der Waals surface area contributed by atoms with Crippen LogP contribution in [0.1, 0.15) is 18.4 Å². The van der Waals surface area contributed by atoms with Gasteiger partial charge >= 0.3 is 12.1 Å². The summed E-state index contributed by atoms with van der Waals surface area (Å²) in [7, 11) is 1.31. The van der Waals surface area contributed by atoms with Crippen LogP contribution in [0.2, 0.25) is 5.02 Å². The van der Waals surface area contributed by atoms with Crippen molar-refractivity contribution in [2.75, 3.05) is 12.9 Å². The molecule has 1 heterocycles. The molecule has 0 atom stereocenters. The molecule has 0 N–H and O–H groups in total. The van der Waals surface area contributed by atoms with E-state index in [9.17, 15) is 18.0 Å². The first-order valence-corrected chi connectivity index (χ1v) is 8.08. The lowest BCUT2D eigenvalue weighted by molar-refractivity contribution is -0.140. The lowest BCUT2D eigenvalue weighted by Gasteiger charge is -2.07. The molecule has 1 aromatic heterocycles. The van der Waals surface area contributed by atoms with Crippen LogP contribution in [-0.2, 0) is 15.7 Å². The highest BCUT2D eigenvalue weighted by atomic mass is 35.5. The van der Waals surface area contributed by atoms with Crippen LogP contribution in [0, 0.1) is 0 Å². The normalized spacial score (nSPS) is 11.5. The summed E-state index contributed by atoms with van der Waals surface area (Å²) in [6.07, 6.45) is -3.64. The van der Waals surface area contributed by atoms with Gasteiger partial charge in [0, 0.05) is 12.2 Å². The van der Waals surface area contributed by atoms with E-state index in [0.29, 0.717) is 12.2 Å². The van der Waals surface area contributed by atoms with Crippen LogP contribution in [0.15, 0.2) is 27.8 Å². The average Bonchev–Trinajstić information content (AvgIpc) is 2.98. The van der Waals surface area contributed by atoms with Crippen molar-refractivity contribution in [3.8, 4) is 11.5 Å². The van der Waals surface area contributed by atoms with Crippen LogP contribution in [-0.4, -0.2) is 29.0 Å². The molecule has 0 radical (unpaired) electrons. The monoisotopic (exact) mass is 380 g/mol. The number of carbonyl (C=O) groups excluding carboxylic acids is 1. The summed E-state index contributed by atoms with van der Waals surface area (Å²) in [6, 6.07) is 2.89. The highest BCUT2D eigenvalue weighted by molar-refractivity contribution is 7.99. The third kappa shape index (κ3) is 4.88. The number of aromatic nitrogens is 2. The Labute approximate surface area is 144 Å². The Morgan fingerprint density at radius 1 is 1.38 bits per heavy atom. The fourth-order valence-corrected chi connectivity index (χ4v) is 2.68. The number of nitrogens with zero attached hydrogens (tertiary/aromatic N) is 2. The third-order valence-electron chi connectivity index (χ3n) is 2.91. The fourth-order valence-electron chi connectivity index (χ4n) is 1.72. The van der Waals surface area contributed by atoms with E-state index in [-0.39, 0.29) is 34.1 Å². The minimum atomic E-state index is -4.47. The molecule has 0 saturated carbocycles. The molecule has 0 unspecified atom stereocenters. The van der Waals surface area contributed by atoms with Crippen molar-refractivity contribution < 1.29 is 27.1 Å². The van der Waals surface area contributed by atoms with Crippen molar-refractivity contribution in [3.05, 3.63) is 28.8 Å². The van der Waals surface area contributed by atoms with Crippen molar-refractivity contribution in [2.45, 2.75) is 24.2 Å². The lowest BCUT2D eigenvalue weighted by Crippen LogP contribution is -2.04. The molecule has 0 fully saturated rings. The molecular weight excluding hydrogens is 369 g/mol. The summed E-state index contributed by atoms with van der Waals surface area (Å²) in [4.78, 5) is 11.0. The topological polar surface area (TPSA) is 65.2 Å². The maximum absolute atomic E-state index is 12.6. The Kier molecular flexibility index (Phi) is 6.11. The van der Waals surface area contributed by atoms with Gasteiger partial charge in [0.2, 0.25) is 5.89 Å². The number of thioether (sulfide) groups is 1. The van der Waals surface area contributed by atoms with Gasteiger partial charge in [0.15, 0.2) is 0 Å². The predicted molar refractivity (Wildman–Crippen MR) is 81.7 cm³/mol. The highest BCUT2D eigenvalue weighted by Crippen LogP contribution is 2.35. The van der Waals surface area contributed by atoms with Crippen molar-refractivity contribution in [1.29, 1.82) is 0 Å². The Balaban J connectivity index is 2.01. The number of esters is 1. The largest absolute Gasteiger partial charge is 0.469 e. The van der Waals surface area contributed by atoms with Gasteiger partial charge < -0.3 is 9.15 Å². The van der Waals surface area contributed by atoms with E-state index in [4.69, 9.17) is 16.0 Å². The number of benzene rings is 1. The van der Waals surface area contributed by atoms with Crippen molar-refractivity contribution in [2.24, 2.45) is 0 Å². The summed E-state index contributed by atoms with van der Waals surface area (Å²) in [6.45, 7) is 0. The standard InChI is InChI=1S/C14H12ClF3N2O3S/c1-22-11(21)3-2-6-24-13-20-19-12(23-13)9-5-4-8(7-10(9)15)14(16,17)18/h4-5,7H,2-3,6H2,1H3. The van der Waals surface area contributed by atoms with Crippen LogP contribution < -0.4 is 0 Å². The van der Waals surface area contributed by atoms with E-state index < -0.39 is 11.7 Å². The Hall–Kier alpha value is -1.74. The molecular formula is C14H12ClF3N2O3S. The van der Waals surface area contributed by atoms with Gasteiger partial charge in [-0.15, -0.1) is 10.2 Å². The zero-order chi connectivity index (χ0) is 17.7. The molecule has 0 aliphatic rings. The SMILES string of the molecule is COC(=O)CCCSc1nnc(-c2ccc(C(F)(F)F)cc2Cl)o1. The van der Waals surface area contributed by atoms with Gasteiger partial charge in [-0.2, -0.15) is 13.2 Å². The number of halogens is 4. The fraction of sp³-hybridized carbons (Fsp3) is 0.357. The highest BCUT2D eigenvalue weighted by Gasteiger charge is 2.31. The maximum atomic E-state index is 12.6. The van der Waals surface area contributed by atoms with Crippen molar-refractivity contribution in [1.82, 2.24) is 10.2 Å². The molecule has 0 saturated heterocycles. The molecule has 2 rings (SSSR count). The van der Waals surface area contributed by atoms with E-state index in [1.807, 2.05) is 0 Å². The number of rotatable bonds is 6. The summed E-state index contributed by atoms with van der Waals surface area (Å²) in [5.74, 6) is 0.278. The van der Waals surface area contributed by atoms with Gasteiger partial charge in [-0.3, -0.25) is 4.79 Å². The number of hydrogen-bond donors (Lipinski definition) is 0. The first-order chi connectivity index (χ1) is 11.3. The smallest absolute Gasteiger partial charge is 0.416 e.